The predicted octanol–water partition coefficient (Wildman–Crippen LogP) is 1.74. The smallest absolute Gasteiger partial charge is 0.291 e. The van der Waals surface area contributed by atoms with Gasteiger partial charge in [-0.15, -0.1) is 0 Å². The van der Waals surface area contributed by atoms with Crippen molar-refractivity contribution < 1.29 is 30.6 Å². The first-order valence-electron chi connectivity index (χ1n) is 4.28. The highest BCUT2D eigenvalue weighted by molar-refractivity contribution is 7.87. The molecule has 0 N–H and O–H groups in total. The summed E-state index contributed by atoms with van der Waals surface area (Å²) in [5, 5.41) is 0. The van der Waals surface area contributed by atoms with E-state index in [4.69, 9.17) is 0 Å². The minimum Gasteiger partial charge on any atom is -0.291 e. The fourth-order valence-corrected chi connectivity index (χ4v) is 1.30. The summed E-state index contributed by atoms with van der Waals surface area (Å²) >= 11 is 0. The number of halogens is 3. The van der Waals surface area contributed by atoms with Gasteiger partial charge in [0, 0.05) is 5.56 Å². The summed E-state index contributed by atoms with van der Waals surface area (Å²) in [4.78, 5) is 11.3. The number of benzene rings is 1. The first-order chi connectivity index (χ1) is 7.74. The van der Waals surface area contributed by atoms with Crippen molar-refractivity contribution in [1.29, 1.82) is 0 Å². The van der Waals surface area contributed by atoms with Gasteiger partial charge in [-0.05, 0) is 0 Å². The van der Waals surface area contributed by atoms with Gasteiger partial charge in [0.15, 0.2) is 5.78 Å². The van der Waals surface area contributed by atoms with Gasteiger partial charge in [0.1, 0.15) is 6.61 Å². The number of hydrogen-bond acceptors (Lipinski definition) is 4. The first kappa shape index (κ1) is 13.7. The average molecular weight is 268 g/mol. The van der Waals surface area contributed by atoms with Crippen molar-refractivity contribution in [3.8, 4) is 0 Å². The maximum atomic E-state index is 11.9. The Morgan fingerprint density at radius 3 is 2.18 bits per heavy atom. The molecule has 0 atom stereocenters. The zero-order chi connectivity index (χ0) is 13.1. The Hall–Kier alpha value is -1.41. The molecular weight excluding hydrogens is 261 g/mol. The molecule has 0 aliphatic carbocycles. The molecule has 94 valence electrons. The molecule has 0 saturated heterocycles. The van der Waals surface area contributed by atoms with Crippen LogP contribution in [0.15, 0.2) is 30.3 Å². The molecule has 0 radical (unpaired) electrons. The SMILES string of the molecule is O=C(COS(=O)(=O)C(F)(F)F)c1ccccc1. The van der Waals surface area contributed by atoms with E-state index in [9.17, 15) is 26.4 Å². The van der Waals surface area contributed by atoms with Crippen molar-refractivity contribution in [3.05, 3.63) is 35.9 Å². The molecule has 1 aromatic rings. The van der Waals surface area contributed by atoms with Gasteiger partial charge >= 0.3 is 15.6 Å². The number of carbonyl (C=O) groups is 1. The standard InChI is InChI=1S/C9H7F3O4S/c10-9(11,12)17(14,15)16-6-8(13)7-4-2-1-3-5-7/h1-5H,6H2. The van der Waals surface area contributed by atoms with Crippen molar-refractivity contribution >= 4 is 15.9 Å². The summed E-state index contributed by atoms with van der Waals surface area (Å²) < 4.78 is 60.2. The van der Waals surface area contributed by atoms with Crippen LogP contribution in [0.3, 0.4) is 0 Å². The van der Waals surface area contributed by atoms with Crippen LogP contribution in [0.4, 0.5) is 13.2 Å². The van der Waals surface area contributed by atoms with Crippen LogP contribution < -0.4 is 0 Å². The monoisotopic (exact) mass is 268 g/mol. The van der Waals surface area contributed by atoms with E-state index in [0.717, 1.165) is 0 Å². The highest BCUT2D eigenvalue weighted by atomic mass is 32.2. The van der Waals surface area contributed by atoms with Crippen molar-refractivity contribution in [2.24, 2.45) is 0 Å². The average Bonchev–Trinajstić information content (AvgIpc) is 2.25. The molecule has 0 aromatic heterocycles. The van der Waals surface area contributed by atoms with Gasteiger partial charge in [0.05, 0.1) is 0 Å². The van der Waals surface area contributed by atoms with Gasteiger partial charge in [-0.1, -0.05) is 30.3 Å². The van der Waals surface area contributed by atoms with Gasteiger partial charge in [0.2, 0.25) is 0 Å². The largest absolute Gasteiger partial charge is 0.523 e. The van der Waals surface area contributed by atoms with E-state index < -0.39 is 28.0 Å². The second-order valence-electron chi connectivity index (χ2n) is 2.95. The van der Waals surface area contributed by atoms with Crippen LogP contribution in [0.1, 0.15) is 10.4 Å². The van der Waals surface area contributed by atoms with Crippen LogP contribution in [0.5, 0.6) is 0 Å². The normalized spacial score (nSPS) is 12.4. The van der Waals surface area contributed by atoms with Crippen LogP contribution in [-0.4, -0.2) is 26.3 Å². The maximum absolute atomic E-state index is 11.9. The summed E-state index contributed by atoms with van der Waals surface area (Å²) in [5.74, 6) is -0.849. The molecule has 0 aliphatic rings. The molecular formula is C9H7F3O4S. The van der Waals surface area contributed by atoms with Crippen molar-refractivity contribution in [1.82, 2.24) is 0 Å². The van der Waals surface area contributed by atoms with Gasteiger partial charge in [0.25, 0.3) is 0 Å². The molecule has 17 heavy (non-hydrogen) atoms. The molecule has 0 fully saturated rings. The van der Waals surface area contributed by atoms with E-state index in [1.165, 1.54) is 24.3 Å². The lowest BCUT2D eigenvalue weighted by molar-refractivity contribution is -0.0536. The van der Waals surface area contributed by atoms with Crippen molar-refractivity contribution in [2.75, 3.05) is 6.61 Å². The van der Waals surface area contributed by atoms with Crippen LogP contribution in [0.25, 0.3) is 0 Å². The zero-order valence-corrected chi connectivity index (χ0v) is 9.09. The Bertz CT molecular complexity index is 493. The second kappa shape index (κ2) is 4.84. The van der Waals surface area contributed by atoms with Gasteiger partial charge in [-0.2, -0.15) is 21.6 Å². The maximum Gasteiger partial charge on any atom is 0.523 e. The summed E-state index contributed by atoms with van der Waals surface area (Å²) in [6.45, 7) is -1.17. The fourth-order valence-electron chi connectivity index (χ4n) is 0.905. The van der Waals surface area contributed by atoms with E-state index in [2.05, 4.69) is 4.18 Å². The Kier molecular flexibility index (Phi) is 3.89. The Morgan fingerprint density at radius 1 is 1.18 bits per heavy atom. The van der Waals surface area contributed by atoms with E-state index in [0.29, 0.717) is 0 Å². The lowest BCUT2D eigenvalue weighted by Crippen LogP contribution is -2.27. The molecule has 0 spiro atoms. The lowest BCUT2D eigenvalue weighted by Gasteiger charge is -2.07. The minimum absolute atomic E-state index is 0.0740. The van der Waals surface area contributed by atoms with Gasteiger partial charge < -0.3 is 0 Å². The molecule has 8 heteroatoms. The number of ketones is 1. The van der Waals surface area contributed by atoms with Gasteiger partial charge in [-0.3, -0.25) is 8.98 Å². The second-order valence-corrected chi connectivity index (χ2v) is 4.56. The Morgan fingerprint density at radius 2 is 1.71 bits per heavy atom. The number of hydrogen-bond donors (Lipinski definition) is 0. The molecule has 0 bridgehead atoms. The van der Waals surface area contributed by atoms with Crippen molar-refractivity contribution in [2.45, 2.75) is 5.51 Å². The number of Topliss-reactive ketones (excluding diaryl/α,β-unsaturated/α-hetero) is 1. The summed E-state index contributed by atoms with van der Waals surface area (Å²) in [6.07, 6.45) is 0. The van der Waals surface area contributed by atoms with Crippen LogP contribution in [0, 0.1) is 0 Å². The Balaban J connectivity index is 2.68. The molecule has 1 rings (SSSR count). The van der Waals surface area contributed by atoms with Crippen molar-refractivity contribution in [3.63, 3.8) is 0 Å². The fraction of sp³-hybridized carbons (Fsp3) is 0.222. The van der Waals surface area contributed by atoms with Gasteiger partial charge in [-0.25, -0.2) is 0 Å². The van der Waals surface area contributed by atoms with E-state index >= 15 is 0 Å². The number of carbonyl (C=O) groups excluding carboxylic acids is 1. The van der Waals surface area contributed by atoms with Crippen LogP contribution >= 0.6 is 0 Å². The van der Waals surface area contributed by atoms with Crippen LogP contribution in [0.2, 0.25) is 0 Å². The predicted molar refractivity (Wildman–Crippen MR) is 51.7 cm³/mol. The highest BCUT2D eigenvalue weighted by Gasteiger charge is 2.47. The van der Waals surface area contributed by atoms with E-state index in [1.807, 2.05) is 0 Å². The summed E-state index contributed by atoms with van der Waals surface area (Å²) in [7, 11) is -5.72. The molecule has 0 aliphatic heterocycles. The Labute approximate surface area is 95.1 Å². The molecule has 4 nitrogen and oxygen atoms in total. The topological polar surface area (TPSA) is 60.4 Å². The minimum atomic E-state index is -5.72. The molecule has 0 unspecified atom stereocenters. The third kappa shape index (κ3) is 3.53. The third-order valence-electron chi connectivity index (χ3n) is 1.72. The summed E-state index contributed by atoms with van der Waals surface area (Å²) in [6, 6.07) is 7.26. The number of alkyl halides is 3. The molecule has 0 heterocycles. The van der Waals surface area contributed by atoms with E-state index in [-0.39, 0.29) is 5.56 Å². The lowest BCUT2D eigenvalue weighted by atomic mass is 10.1. The molecule has 0 amide bonds. The zero-order valence-electron chi connectivity index (χ0n) is 8.27. The number of rotatable bonds is 4. The molecule has 1 aromatic carbocycles. The van der Waals surface area contributed by atoms with E-state index in [1.54, 1.807) is 6.07 Å². The third-order valence-corrected chi connectivity index (χ3v) is 2.72. The van der Waals surface area contributed by atoms with Crippen LogP contribution in [-0.2, 0) is 14.3 Å². The summed E-state index contributed by atoms with van der Waals surface area (Å²) in [5.41, 5.74) is -5.45. The molecule has 0 saturated carbocycles. The quantitative estimate of drug-likeness (QED) is 0.474. The first-order valence-corrected chi connectivity index (χ1v) is 5.69. The highest BCUT2D eigenvalue weighted by Crippen LogP contribution is 2.24.